The maximum absolute atomic E-state index is 12.1. The second-order valence-electron chi connectivity index (χ2n) is 5.65. The number of carbonyl (C=O) groups is 2. The summed E-state index contributed by atoms with van der Waals surface area (Å²) in [6, 6.07) is 11.9. The molecule has 2 aromatic rings. The highest BCUT2D eigenvalue weighted by Crippen LogP contribution is 2.29. The number of hydrogen-bond acceptors (Lipinski definition) is 5. The van der Waals surface area contributed by atoms with Crippen LogP contribution in [0.4, 0.5) is 5.69 Å². The minimum Gasteiger partial charge on any atom is -0.493 e. The summed E-state index contributed by atoms with van der Waals surface area (Å²) in [6.07, 6.45) is -0.0313. The van der Waals surface area contributed by atoms with E-state index in [-0.39, 0.29) is 24.0 Å². The first-order valence-electron chi connectivity index (χ1n) is 8.22. The summed E-state index contributed by atoms with van der Waals surface area (Å²) in [6.45, 7) is 1.36. The maximum atomic E-state index is 12.1. The van der Waals surface area contributed by atoms with Gasteiger partial charge in [0, 0.05) is 5.71 Å². The molecule has 0 bridgehead atoms. The van der Waals surface area contributed by atoms with Crippen LogP contribution in [0, 0.1) is 0 Å². The summed E-state index contributed by atoms with van der Waals surface area (Å²) < 4.78 is 10.5. The van der Waals surface area contributed by atoms with Crippen LogP contribution in [-0.2, 0) is 9.59 Å². The first kappa shape index (κ1) is 21.5. The minimum atomic E-state index is -0.469. The van der Waals surface area contributed by atoms with Gasteiger partial charge in [-0.25, -0.2) is 5.43 Å². The van der Waals surface area contributed by atoms with Crippen LogP contribution in [0.1, 0.15) is 13.3 Å². The number of anilines is 1. The fraction of sp³-hybridized carbons (Fsp3) is 0.211. The second kappa shape index (κ2) is 10.5. The van der Waals surface area contributed by atoms with Crippen molar-refractivity contribution in [3.05, 3.63) is 52.5 Å². The zero-order chi connectivity index (χ0) is 20.5. The van der Waals surface area contributed by atoms with Gasteiger partial charge in [0.2, 0.25) is 5.91 Å². The Labute approximate surface area is 172 Å². The molecule has 0 aliphatic heterocycles. The average molecular weight is 424 g/mol. The molecule has 0 fully saturated rings. The molecule has 0 unspecified atom stereocenters. The molecule has 0 aliphatic carbocycles. The first-order valence-corrected chi connectivity index (χ1v) is 8.98. The number of methoxy groups -OCH3 is 1. The van der Waals surface area contributed by atoms with E-state index in [1.807, 2.05) is 0 Å². The predicted molar refractivity (Wildman–Crippen MR) is 109 cm³/mol. The SMILES string of the molecule is COc1ccccc1OCC(=O)NN=C(C)CC(=O)Nc1cccc(Cl)c1Cl. The summed E-state index contributed by atoms with van der Waals surface area (Å²) in [5.74, 6) is 0.151. The topological polar surface area (TPSA) is 89.0 Å². The third-order valence-corrected chi connectivity index (χ3v) is 4.26. The van der Waals surface area contributed by atoms with Crippen molar-refractivity contribution in [2.45, 2.75) is 13.3 Å². The molecule has 0 aliphatic rings. The monoisotopic (exact) mass is 423 g/mol. The van der Waals surface area contributed by atoms with Gasteiger partial charge in [0.1, 0.15) is 0 Å². The predicted octanol–water partition coefficient (Wildman–Crippen LogP) is 3.90. The van der Waals surface area contributed by atoms with E-state index in [1.54, 1.807) is 49.4 Å². The van der Waals surface area contributed by atoms with E-state index in [0.717, 1.165) is 0 Å². The van der Waals surface area contributed by atoms with E-state index in [2.05, 4.69) is 15.8 Å². The van der Waals surface area contributed by atoms with Crippen LogP contribution in [-0.4, -0.2) is 31.2 Å². The van der Waals surface area contributed by atoms with Crippen LogP contribution >= 0.6 is 23.2 Å². The lowest BCUT2D eigenvalue weighted by Crippen LogP contribution is -2.26. The fourth-order valence-corrected chi connectivity index (χ4v) is 2.49. The Bertz CT molecular complexity index is 887. The summed E-state index contributed by atoms with van der Waals surface area (Å²) in [5, 5.41) is 7.13. The highest BCUT2D eigenvalue weighted by molar-refractivity contribution is 6.44. The number of nitrogens with zero attached hydrogens (tertiary/aromatic N) is 1. The molecule has 0 atom stereocenters. The van der Waals surface area contributed by atoms with Gasteiger partial charge in [0.25, 0.3) is 5.91 Å². The Morgan fingerprint density at radius 3 is 2.46 bits per heavy atom. The Kier molecular flexibility index (Phi) is 8.10. The third-order valence-electron chi connectivity index (χ3n) is 3.44. The average Bonchev–Trinajstić information content (AvgIpc) is 2.68. The Balaban J connectivity index is 1.82. The molecule has 7 nitrogen and oxygen atoms in total. The van der Waals surface area contributed by atoms with Gasteiger partial charge in [-0.2, -0.15) is 5.10 Å². The van der Waals surface area contributed by atoms with E-state index in [4.69, 9.17) is 32.7 Å². The van der Waals surface area contributed by atoms with E-state index in [0.29, 0.717) is 27.9 Å². The molecule has 0 radical (unpaired) electrons. The normalized spacial score (nSPS) is 10.9. The first-order chi connectivity index (χ1) is 13.4. The number of nitrogens with one attached hydrogen (secondary N) is 2. The molecule has 2 rings (SSSR count). The van der Waals surface area contributed by atoms with Crippen LogP contribution in [0.3, 0.4) is 0 Å². The molecule has 2 N–H and O–H groups in total. The van der Waals surface area contributed by atoms with Gasteiger partial charge in [-0.1, -0.05) is 41.4 Å². The molecule has 0 spiro atoms. The molecule has 2 aromatic carbocycles. The molecule has 0 saturated heterocycles. The van der Waals surface area contributed by atoms with Crippen LogP contribution in [0.15, 0.2) is 47.6 Å². The number of carbonyl (C=O) groups excluding carboxylic acids is 2. The lowest BCUT2D eigenvalue weighted by Gasteiger charge is -2.10. The van der Waals surface area contributed by atoms with E-state index >= 15 is 0 Å². The quantitative estimate of drug-likeness (QED) is 0.497. The Hall–Kier alpha value is -2.77. The highest BCUT2D eigenvalue weighted by Gasteiger charge is 2.10. The zero-order valence-corrected chi connectivity index (χ0v) is 16.8. The lowest BCUT2D eigenvalue weighted by molar-refractivity contribution is -0.123. The summed E-state index contributed by atoms with van der Waals surface area (Å²) in [4.78, 5) is 23.9. The van der Waals surface area contributed by atoms with Gasteiger partial charge in [0.05, 0.1) is 29.3 Å². The molecule has 0 saturated carbocycles. The summed E-state index contributed by atoms with van der Waals surface area (Å²) in [7, 11) is 1.51. The standard InChI is InChI=1S/C19H19Cl2N3O4/c1-12(10-17(25)22-14-7-5-6-13(20)19(14)21)23-24-18(26)11-28-16-9-4-3-8-15(16)27-2/h3-9H,10-11H2,1-2H3,(H,22,25)(H,24,26). The van der Waals surface area contributed by atoms with Gasteiger partial charge >= 0.3 is 0 Å². The van der Waals surface area contributed by atoms with Gasteiger partial charge in [-0.05, 0) is 31.2 Å². The molecule has 0 aromatic heterocycles. The van der Waals surface area contributed by atoms with Crippen molar-refractivity contribution < 1.29 is 19.1 Å². The number of halogens is 2. The van der Waals surface area contributed by atoms with Crippen molar-refractivity contribution in [2.24, 2.45) is 5.10 Å². The smallest absolute Gasteiger partial charge is 0.277 e. The van der Waals surface area contributed by atoms with Gasteiger partial charge in [0.15, 0.2) is 18.1 Å². The van der Waals surface area contributed by atoms with E-state index in [9.17, 15) is 9.59 Å². The minimum absolute atomic E-state index is 0.0313. The molecule has 9 heteroatoms. The summed E-state index contributed by atoms with van der Waals surface area (Å²) in [5.41, 5.74) is 3.14. The second-order valence-corrected chi connectivity index (χ2v) is 6.43. The van der Waals surface area contributed by atoms with Gasteiger partial charge in [-0.3, -0.25) is 9.59 Å². The largest absolute Gasteiger partial charge is 0.493 e. The van der Waals surface area contributed by atoms with Crippen molar-refractivity contribution in [1.82, 2.24) is 5.43 Å². The van der Waals surface area contributed by atoms with Crippen molar-refractivity contribution in [3.63, 3.8) is 0 Å². The van der Waals surface area contributed by atoms with Crippen molar-refractivity contribution in [2.75, 3.05) is 19.0 Å². The van der Waals surface area contributed by atoms with Crippen LogP contribution in [0.2, 0.25) is 10.0 Å². The molecule has 2 amide bonds. The molecular formula is C19H19Cl2N3O4. The Morgan fingerprint density at radius 1 is 1.04 bits per heavy atom. The van der Waals surface area contributed by atoms with E-state index in [1.165, 1.54) is 7.11 Å². The van der Waals surface area contributed by atoms with Gasteiger partial charge in [-0.15, -0.1) is 0 Å². The number of para-hydroxylation sites is 2. The molecule has 28 heavy (non-hydrogen) atoms. The fourth-order valence-electron chi connectivity index (χ4n) is 2.14. The number of hydrogen-bond donors (Lipinski definition) is 2. The van der Waals surface area contributed by atoms with Crippen LogP contribution < -0.4 is 20.2 Å². The number of ether oxygens (including phenoxy) is 2. The molecule has 148 valence electrons. The highest BCUT2D eigenvalue weighted by atomic mass is 35.5. The molecular weight excluding hydrogens is 405 g/mol. The maximum Gasteiger partial charge on any atom is 0.277 e. The number of rotatable bonds is 8. The third kappa shape index (κ3) is 6.44. The summed E-state index contributed by atoms with van der Waals surface area (Å²) >= 11 is 11.9. The van der Waals surface area contributed by atoms with Crippen molar-refractivity contribution in [1.29, 1.82) is 0 Å². The van der Waals surface area contributed by atoms with Crippen molar-refractivity contribution >= 4 is 46.4 Å². The number of hydrazone groups is 1. The number of benzene rings is 2. The van der Waals surface area contributed by atoms with Crippen LogP contribution in [0.5, 0.6) is 11.5 Å². The van der Waals surface area contributed by atoms with Gasteiger partial charge < -0.3 is 14.8 Å². The number of amides is 2. The zero-order valence-electron chi connectivity index (χ0n) is 15.3. The Morgan fingerprint density at radius 2 is 1.75 bits per heavy atom. The van der Waals surface area contributed by atoms with Crippen molar-refractivity contribution in [3.8, 4) is 11.5 Å². The lowest BCUT2D eigenvalue weighted by atomic mass is 10.2. The van der Waals surface area contributed by atoms with Crippen LogP contribution in [0.25, 0.3) is 0 Å². The molecule has 0 heterocycles. The van der Waals surface area contributed by atoms with E-state index < -0.39 is 5.91 Å².